The molecule has 4 N–H and O–H groups in total. The summed E-state index contributed by atoms with van der Waals surface area (Å²) >= 11 is 0. The number of carbonyl (C=O) groups is 1. The Hall–Kier alpha value is -1.55. The maximum Gasteiger partial charge on any atom is 0.251 e. The molecule has 0 atom stereocenters. The van der Waals surface area contributed by atoms with Gasteiger partial charge in [0.05, 0.1) is 5.60 Å². The maximum absolute atomic E-state index is 12.2. The standard InChI is InChI=1S/C16H24N2O2/c1-11-5-7-16(20,8-6-11)10-18-15(19)14-9-13(17)4-3-12(14)2/h3-4,9,11,20H,5-8,10,17H2,1-2H3,(H,18,19). The third-order valence-electron chi connectivity index (χ3n) is 4.29. The summed E-state index contributed by atoms with van der Waals surface area (Å²) in [5, 5.41) is 13.3. The van der Waals surface area contributed by atoms with Gasteiger partial charge in [0.1, 0.15) is 0 Å². The Morgan fingerprint density at radius 1 is 1.45 bits per heavy atom. The third kappa shape index (κ3) is 3.51. The Morgan fingerprint density at radius 3 is 2.75 bits per heavy atom. The molecule has 1 aliphatic rings. The lowest BCUT2D eigenvalue weighted by molar-refractivity contribution is -0.00540. The Kier molecular flexibility index (Phi) is 4.33. The van der Waals surface area contributed by atoms with Gasteiger partial charge in [0.25, 0.3) is 5.91 Å². The zero-order valence-corrected chi connectivity index (χ0v) is 12.3. The molecule has 1 aromatic rings. The second-order valence-corrected chi connectivity index (χ2v) is 6.16. The van der Waals surface area contributed by atoms with Gasteiger partial charge in [0.15, 0.2) is 0 Å². The van der Waals surface area contributed by atoms with Crippen LogP contribution in [0.15, 0.2) is 18.2 Å². The van der Waals surface area contributed by atoms with Gasteiger partial charge < -0.3 is 16.2 Å². The third-order valence-corrected chi connectivity index (χ3v) is 4.29. The zero-order valence-electron chi connectivity index (χ0n) is 12.3. The number of aryl methyl sites for hydroxylation is 1. The van der Waals surface area contributed by atoms with Crippen LogP contribution in [0, 0.1) is 12.8 Å². The molecule has 0 radical (unpaired) electrons. The fourth-order valence-corrected chi connectivity index (χ4v) is 2.70. The molecule has 1 saturated carbocycles. The van der Waals surface area contributed by atoms with Crippen LogP contribution in [0.3, 0.4) is 0 Å². The van der Waals surface area contributed by atoms with E-state index in [0.717, 1.165) is 31.2 Å². The van der Waals surface area contributed by atoms with Crippen molar-refractivity contribution >= 4 is 11.6 Å². The van der Waals surface area contributed by atoms with Crippen LogP contribution < -0.4 is 11.1 Å². The number of hydrogen-bond acceptors (Lipinski definition) is 3. The van der Waals surface area contributed by atoms with E-state index in [9.17, 15) is 9.90 Å². The normalized spacial score (nSPS) is 26.2. The minimum atomic E-state index is -0.754. The average molecular weight is 276 g/mol. The molecular weight excluding hydrogens is 252 g/mol. The predicted octanol–water partition coefficient (Wildman–Crippen LogP) is 2.25. The SMILES string of the molecule is Cc1ccc(N)cc1C(=O)NCC1(O)CCC(C)CC1. The molecule has 20 heavy (non-hydrogen) atoms. The highest BCUT2D eigenvalue weighted by molar-refractivity contribution is 5.96. The molecule has 0 heterocycles. The molecule has 4 heteroatoms. The van der Waals surface area contributed by atoms with Crippen molar-refractivity contribution in [2.45, 2.75) is 45.1 Å². The van der Waals surface area contributed by atoms with Crippen LogP contribution in [0.5, 0.6) is 0 Å². The van der Waals surface area contributed by atoms with Gasteiger partial charge in [-0.05, 0) is 56.2 Å². The number of aliphatic hydroxyl groups is 1. The molecule has 1 aromatic carbocycles. The van der Waals surface area contributed by atoms with E-state index in [1.165, 1.54) is 0 Å². The smallest absolute Gasteiger partial charge is 0.251 e. The molecule has 0 saturated heterocycles. The monoisotopic (exact) mass is 276 g/mol. The number of nitrogens with two attached hydrogens (primary N) is 1. The molecule has 0 aromatic heterocycles. The number of anilines is 1. The van der Waals surface area contributed by atoms with Crippen LogP contribution in [-0.4, -0.2) is 23.2 Å². The van der Waals surface area contributed by atoms with Crippen LogP contribution in [0.2, 0.25) is 0 Å². The Morgan fingerprint density at radius 2 is 2.10 bits per heavy atom. The molecule has 110 valence electrons. The average Bonchev–Trinajstić information content (AvgIpc) is 2.43. The molecule has 1 amide bonds. The van der Waals surface area contributed by atoms with Crippen molar-refractivity contribution in [3.8, 4) is 0 Å². The van der Waals surface area contributed by atoms with Crippen LogP contribution >= 0.6 is 0 Å². The summed E-state index contributed by atoms with van der Waals surface area (Å²) in [5.41, 5.74) is 7.01. The first-order chi connectivity index (χ1) is 9.39. The largest absolute Gasteiger partial charge is 0.399 e. The topological polar surface area (TPSA) is 75.4 Å². The number of amides is 1. The highest BCUT2D eigenvalue weighted by Crippen LogP contribution is 2.31. The van der Waals surface area contributed by atoms with E-state index < -0.39 is 5.60 Å². The molecular formula is C16H24N2O2. The maximum atomic E-state index is 12.2. The van der Waals surface area contributed by atoms with Gasteiger partial charge in [0.2, 0.25) is 0 Å². The first-order valence-electron chi connectivity index (χ1n) is 7.26. The van der Waals surface area contributed by atoms with Crippen molar-refractivity contribution in [3.05, 3.63) is 29.3 Å². The summed E-state index contributed by atoms with van der Waals surface area (Å²) < 4.78 is 0. The lowest BCUT2D eigenvalue weighted by Crippen LogP contribution is -2.45. The van der Waals surface area contributed by atoms with E-state index in [4.69, 9.17) is 5.73 Å². The van der Waals surface area contributed by atoms with Crippen molar-refractivity contribution in [1.29, 1.82) is 0 Å². The number of hydrogen-bond donors (Lipinski definition) is 3. The fraction of sp³-hybridized carbons (Fsp3) is 0.562. The van der Waals surface area contributed by atoms with Gasteiger partial charge in [-0.1, -0.05) is 13.0 Å². The number of carbonyl (C=O) groups excluding carboxylic acids is 1. The van der Waals surface area contributed by atoms with Gasteiger partial charge in [-0.15, -0.1) is 0 Å². The van der Waals surface area contributed by atoms with E-state index in [1.54, 1.807) is 12.1 Å². The zero-order chi connectivity index (χ0) is 14.8. The number of nitrogen functional groups attached to an aromatic ring is 1. The van der Waals surface area contributed by atoms with Crippen molar-refractivity contribution < 1.29 is 9.90 Å². The van der Waals surface area contributed by atoms with E-state index in [1.807, 2.05) is 13.0 Å². The second kappa shape index (κ2) is 5.83. The number of rotatable bonds is 3. The van der Waals surface area contributed by atoms with Gasteiger partial charge in [-0.3, -0.25) is 4.79 Å². The summed E-state index contributed by atoms with van der Waals surface area (Å²) in [6, 6.07) is 5.29. The quantitative estimate of drug-likeness (QED) is 0.741. The predicted molar refractivity (Wildman–Crippen MR) is 80.5 cm³/mol. The van der Waals surface area contributed by atoms with E-state index in [0.29, 0.717) is 23.7 Å². The summed E-state index contributed by atoms with van der Waals surface area (Å²) in [5.74, 6) is 0.504. The van der Waals surface area contributed by atoms with Crippen LogP contribution in [0.4, 0.5) is 5.69 Å². The highest BCUT2D eigenvalue weighted by Gasteiger charge is 2.32. The molecule has 0 spiro atoms. The van der Waals surface area contributed by atoms with Gasteiger partial charge >= 0.3 is 0 Å². The van der Waals surface area contributed by atoms with Gasteiger partial charge in [-0.25, -0.2) is 0 Å². The van der Waals surface area contributed by atoms with Gasteiger partial charge in [0, 0.05) is 17.8 Å². The van der Waals surface area contributed by atoms with Crippen LogP contribution in [0.25, 0.3) is 0 Å². The van der Waals surface area contributed by atoms with Gasteiger partial charge in [-0.2, -0.15) is 0 Å². The summed E-state index contributed by atoms with van der Waals surface area (Å²) in [4.78, 5) is 12.2. The molecule has 0 unspecified atom stereocenters. The number of nitrogens with one attached hydrogen (secondary N) is 1. The minimum absolute atomic E-state index is 0.165. The summed E-state index contributed by atoms with van der Waals surface area (Å²) in [6.45, 7) is 4.40. The first-order valence-corrected chi connectivity index (χ1v) is 7.26. The first kappa shape index (κ1) is 14.9. The van der Waals surface area contributed by atoms with Crippen molar-refractivity contribution in [2.24, 2.45) is 5.92 Å². The Bertz CT molecular complexity index is 491. The molecule has 2 rings (SSSR count). The lowest BCUT2D eigenvalue weighted by atomic mass is 9.79. The molecule has 0 aliphatic heterocycles. The fourth-order valence-electron chi connectivity index (χ4n) is 2.70. The lowest BCUT2D eigenvalue weighted by Gasteiger charge is -2.35. The van der Waals surface area contributed by atoms with Crippen molar-refractivity contribution in [3.63, 3.8) is 0 Å². The van der Waals surface area contributed by atoms with E-state index >= 15 is 0 Å². The second-order valence-electron chi connectivity index (χ2n) is 6.16. The number of benzene rings is 1. The Labute approximate surface area is 120 Å². The summed E-state index contributed by atoms with van der Waals surface area (Å²) in [6.07, 6.45) is 3.54. The highest BCUT2D eigenvalue weighted by atomic mass is 16.3. The summed E-state index contributed by atoms with van der Waals surface area (Å²) in [7, 11) is 0. The van der Waals surface area contributed by atoms with Crippen molar-refractivity contribution in [2.75, 3.05) is 12.3 Å². The van der Waals surface area contributed by atoms with E-state index in [-0.39, 0.29) is 5.91 Å². The molecule has 0 bridgehead atoms. The molecule has 1 fully saturated rings. The van der Waals surface area contributed by atoms with Crippen LogP contribution in [0.1, 0.15) is 48.5 Å². The van der Waals surface area contributed by atoms with E-state index in [2.05, 4.69) is 12.2 Å². The molecule has 4 nitrogen and oxygen atoms in total. The van der Waals surface area contributed by atoms with Crippen LogP contribution in [-0.2, 0) is 0 Å². The molecule has 1 aliphatic carbocycles. The van der Waals surface area contributed by atoms with Crippen molar-refractivity contribution in [1.82, 2.24) is 5.32 Å². The Balaban J connectivity index is 1.97. The minimum Gasteiger partial charge on any atom is -0.399 e.